The highest BCUT2D eigenvalue weighted by Crippen LogP contribution is 2.43. The average Bonchev–Trinajstić information content (AvgIpc) is 3.37. The Hall–Kier alpha value is -3.12. The van der Waals surface area contributed by atoms with Crippen LogP contribution in [0.2, 0.25) is 0 Å². The van der Waals surface area contributed by atoms with Gasteiger partial charge >= 0.3 is 0 Å². The molecule has 1 atom stereocenters. The van der Waals surface area contributed by atoms with E-state index in [0.29, 0.717) is 22.1 Å². The van der Waals surface area contributed by atoms with Gasteiger partial charge in [0.05, 0.1) is 10.5 Å². The number of hydrogen-bond donors (Lipinski definition) is 1. The summed E-state index contributed by atoms with van der Waals surface area (Å²) in [4.78, 5) is 27.9. The lowest BCUT2D eigenvalue weighted by molar-refractivity contribution is -0.117. The molecule has 0 radical (unpaired) electrons. The maximum atomic E-state index is 13.1. The van der Waals surface area contributed by atoms with E-state index in [0.717, 1.165) is 5.56 Å². The number of Topliss-reactive ketones (excluding diaryl/α,β-unsaturated/α-hetero) is 1. The normalized spacial score (nSPS) is 17.0. The third-order valence-electron chi connectivity index (χ3n) is 4.60. The Morgan fingerprint density at radius 2 is 1.89 bits per heavy atom. The molecular weight excluding hydrogens is 362 g/mol. The van der Waals surface area contributed by atoms with E-state index in [1.54, 1.807) is 42.6 Å². The summed E-state index contributed by atoms with van der Waals surface area (Å²) in [6.07, 6.45) is 0. The maximum absolute atomic E-state index is 13.1. The van der Waals surface area contributed by atoms with Crippen molar-refractivity contribution in [2.24, 2.45) is 0 Å². The number of carbonyl (C=O) groups excluding carboxylic acids is 2. The van der Waals surface area contributed by atoms with Crippen molar-refractivity contribution in [1.29, 1.82) is 0 Å². The Morgan fingerprint density at radius 3 is 2.52 bits per heavy atom. The number of benzene rings is 1. The predicted octanol–water partition coefficient (Wildman–Crippen LogP) is 4.74. The van der Waals surface area contributed by atoms with Gasteiger partial charge in [-0.3, -0.25) is 14.5 Å². The van der Waals surface area contributed by atoms with Crippen LogP contribution in [0.5, 0.6) is 0 Å². The van der Waals surface area contributed by atoms with E-state index >= 15 is 0 Å². The molecule has 1 aromatic carbocycles. The molecule has 3 aromatic rings. The summed E-state index contributed by atoms with van der Waals surface area (Å²) in [6.45, 7) is 3.67. The number of ketones is 1. The first-order valence-electron chi connectivity index (χ1n) is 8.46. The molecule has 0 saturated carbocycles. The molecular formula is C21H17NO4S. The lowest BCUT2D eigenvalue weighted by Crippen LogP contribution is -2.31. The minimum absolute atomic E-state index is 0.0417. The molecule has 1 N–H and O–H groups in total. The smallest absolute Gasteiger partial charge is 0.294 e. The van der Waals surface area contributed by atoms with Crippen molar-refractivity contribution in [3.05, 3.63) is 87.2 Å². The number of aryl methyl sites for hydroxylation is 2. The number of carbonyl (C=O) groups is 2. The number of para-hydroxylation sites is 1. The van der Waals surface area contributed by atoms with E-state index in [1.165, 1.54) is 16.2 Å². The molecule has 1 aliphatic rings. The average molecular weight is 379 g/mol. The first-order valence-corrected chi connectivity index (χ1v) is 9.34. The van der Waals surface area contributed by atoms with Gasteiger partial charge in [-0.05, 0) is 49.1 Å². The fourth-order valence-electron chi connectivity index (χ4n) is 3.33. The molecule has 0 aliphatic carbocycles. The van der Waals surface area contributed by atoms with Gasteiger partial charge in [0, 0.05) is 5.69 Å². The highest BCUT2D eigenvalue weighted by Gasteiger charge is 2.46. The highest BCUT2D eigenvalue weighted by atomic mass is 32.1. The Balaban J connectivity index is 1.90. The Bertz CT molecular complexity index is 1060. The second-order valence-electron chi connectivity index (χ2n) is 6.38. The van der Waals surface area contributed by atoms with Crippen molar-refractivity contribution < 1.29 is 19.1 Å². The number of nitrogens with zero attached hydrogens (tertiary/aromatic N) is 1. The minimum atomic E-state index is -0.818. The van der Waals surface area contributed by atoms with Crippen LogP contribution in [0.1, 0.15) is 32.8 Å². The molecule has 0 spiro atoms. The first kappa shape index (κ1) is 17.3. The van der Waals surface area contributed by atoms with E-state index < -0.39 is 17.7 Å². The monoisotopic (exact) mass is 379 g/mol. The van der Waals surface area contributed by atoms with E-state index in [4.69, 9.17) is 4.42 Å². The van der Waals surface area contributed by atoms with Gasteiger partial charge in [-0.2, -0.15) is 0 Å². The third-order valence-corrected chi connectivity index (χ3v) is 5.47. The summed E-state index contributed by atoms with van der Waals surface area (Å²) in [6, 6.07) is 13.5. The number of aliphatic hydroxyl groups excluding tert-OH is 1. The van der Waals surface area contributed by atoms with Gasteiger partial charge in [0.1, 0.15) is 17.6 Å². The third kappa shape index (κ3) is 2.78. The molecule has 0 saturated heterocycles. The fourth-order valence-corrected chi connectivity index (χ4v) is 4.01. The number of thiophene rings is 1. The molecule has 2 aromatic heterocycles. The SMILES string of the molecule is Cc1ccc(C2C(C(=O)c3cccs3)=C(O)C(=O)N2c2ccccc2C)o1. The van der Waals surface area contributed by atoms with E-state index in [1.807, 2.05) is 25.1 Å². The van der Waals surface area contributed by atoms with Crippen LogP contribution in [-0.4, -0.2) is 16.8 Å². The molecule has 5 nitrogen and oxygen atoms in total. The molecule has 0 fully saturated rings. The summed E-state index contributed by atoms with van der Waals surface area (Å²) in [7, 11) is 0. The summed E-state index contributed by atoms with van der Waals surface area (Å²) >= 11 is 1.27. The molecule has 0 bridgehead atoms. The molecule has 1 amide bonds. The van der Waals surface area contributed by atoms with Crippen LogP contribution >= 0.6 is 11.3 Å². The van der Waals surface area contributed by atoms with Gasteiger partial charge in [-0.15, -0.1) is 11.3 Å². The zero-order valence-electron chi connectivity index (χ0n) is 14.8. The molecule has 1 aliphatic heterocycles. The van der Waals surface area contributed by atoms with Gasteiger partial charge in [0.15, 0.2) is 5.76 Å². The number of rotatable bonds is 4. The van der Waals surface area contributed by atoms with E-state index in [2.05, 4.69) is 0 Å². The number of hydrogen-bond acceptors (Lipinski definition) is 5. The first-order chi connectivity index (χ1) is 13.0. The van der Waals surface area contributed by atoms with Gasteiger partial charge in [-0.1, -0.05) is 24.3 Å². The quantitative estimate of drug-likeness (QED) is 0.665. The Morgan fingerprint density at radius 1 is 1.11 bits per heavy atom. The number of aliphatic hydroxyl groups is 1. The second kappa shape index (κ2) is 6.55. The van der Waals surface area contributed by atoms with Crippen molar-refractivity contribution in [3.63, 3.8) is 0 Å². The highest BCUT2D eigenvalue weighted by molar-refractivity contribution is 7.12. The molecule has 4 rings (SSSR count). The predicted molar refractivity (Wildman–Crippen MR) is 103 cm³/mol. The summed E-state index contributed by atoms with van der Waals surface area (Å²) in [5.74, 6) is -0.408. The van der Waals surface area contributed by atoms with E-state index in [9.17, 15) is 14.7 Å². The van der Waals surface area contributed by atoms with Crippen LogP contribution in [0.25, 0.3) is 0 Å². The van der Waals surface area contributed by atoms with Gasteiger partial charge in [-0.25, -0.2) is 0 Å². The Labute approximate surface area is 160 Å². The summed E-state index contributed by atoms with van der Waals surface area (Å²) in [5.41, 5.74) is 1.53. The van der Waals surface area contributed by atoms with Crippen LogP contribution < -0.4 is 4.90 Å². The van der Waals surface area contributed by atoms with Crippen LogP contribution in [0.15, 0.2) is 69.7 Å². The number of amides is 1. The Kier molecular flexibility index (Phi) is 4.20. The van der Waals surface area contributed by atoms with E-state index in [-0.39, 0.29) is 11.4 Å². The van der Waals surface area contributed by atoms with Crippen molar-refractivity contribution in [2.75, 3.05) is 4.90 Å². The zero-order chi connectivity index (χ0) is 19.1. The fraction of sp³-hybridized carbons (Fsp3) is 0.143. The van der Waals surface area contributed by atoms with Crippen molar-refractivity contribution in [2.45, 2.75) is 19.9 Å². The number of anilines is 1. The summed E-state index contributed by atoms with van der Waals surface area (Å²) < 4.78 is 5.77. The lowest BCUT2D eigenvalue weighted by atomic mass is 9.99. The van der Waals surface area contributed by atoms with Crippen molar-refractivity contribution in [1.82, 2.24) is 0 Å². The zero-order valence-corrected chi connectivity index (χ0v) is 15.6. The molecule has 1 unspecified atom stereocenters. The molecule has 27 heavy (non-hydrogen) atoms. The lowest BCUT2D eigenvalue weighted by Gasteiger charge is -2.26. The van der Waals surface area contributed by atoms with Crippen LogP contribution in [-0.2, 0) is 4.79 Å². The second-order valence-corrected chi connectivity index (χ2v) is 7.33. The van der Waals surface area contributed by atoms with Crippen LogP contribution in [0, 0.1) is 13.8 Å². The van der Waals surface area contributed by atoms with Gasteiger partial charge < -0.3 is 9.52 Å². The summed E-state index contributed by atoms with van der Waals surface area (Å²) in [5, 5.41) is 12.4. The molecule has 6 heteroatoms. The molecule has 136 valence electrons. The largest absolute Gasteiger partial charge is 0.503 e. The van der Waals surface area contributed by atoms with Crippen molar-refractivity contribution in [3.8, 4) is 0 Å². The van der Waals surface area contributed by atoms with Gasteiger partial charge in [0.25, 0.3) is 5.91 Å². The maximum Gasteiger partial charge on any atom is 0.294 e. The topological polar surface area (TPSA) is 70.8 Å². The van der Waals surface area contributed by atoms with Crippen LogP contribution in [0.4, 0.5) is 5.69 Å². The molecule has 3 heterocycles. The minimum Gasteiger partial charge on any atom is -0.503 e. The van der Waals surface area contributed by atoms with Crippen molar-refractivity contribution >= 4 is 28.7 Å². The van der Waals surface area contributed by atoms with Gasteiger partial charge in [0.2, 0.25) is 5.78 Å². The van der Waals surface area contributed by atoms with Crippen LogP contribution in [0.3, 0.4) is 0 Å². The standard InChI is InChI=1S/C21H17NO4S/c1-12-6-3-4-7-14(12)22-18(15-10-9-13(2)26-15)17(20(24)21(22)25)19(23)16-8-5-11-27-16/h3-11,18,24H,1-2H3. The number of furan rings is 1.